The van der Waals surface area contributed by atoms with Crippen molar-refractivity contribution in [2.75, 3.05) is 18.1 Å². The molecule has 0 saturated heterocycles. The molecule has 2 aromatic rings. The van der Waals surface area contributed by atoms with E-state index in [2.05, 4.69) is 20.8 Å². The van der Waals surface area contributed by atoms with E-state index in [4.69, 9.17) is 9.84 Å². The molecule has 0 saturated carbocycles. The van der Waals surface area contributed by atoms with Crippen LogP contribution in [0, 0.1) is 0 Å². The SMILES string of the molecule is O=C(O)c1ccc(N2CCCOc3ccccc32)cc1Br. The molecule has 0 amide bonds. The van der Waals surface area contributed by atoms with Gasteiger partial charge in [0, 0.05) is 16.7 Å². The highest BCUT2D eigenvalue weighted by atomic mass is 79.9. The molecule has 4 nitrogen and oxygen atoms in total. The number of rotatable bonds is 2. The number of aromatic carboxylic acids is 1. The molecule has 1 aliphatic heterocycles. The van der Waals surface area contributed by atoms with E-state index in [0.717, 1.165) is 30.1 Å². The van der Waals surface area contributed by atoms with Crippen LogP contribution in [0.2, 0.25) is 0 Å². The van der Waals surface area contributed by atoms with E-state index in [-0.39, 0.29) is 5.56 Å². The van der Waals surface area contributed by atoms with Gasteiger partial charge in [-0.2, -0.15) is 0 Å². The topological polar surface area (TPSA) is 49.8 Å². The lowest BCUT2D eigenvalue weighted by Crippen LogP contribution is -2.17. The molecule has 2 aromatic carbocycles. The Labute approximate surface area is 131 Å². The Hall–Kier alpha value is -2.01. The van der Waals surface area contributed by atoms with E-state index in [1.165, 1.54) is 0 Å². The van der Waals surface area contributed by atoms with Crippen LogP contribution in [0.5, 0.6) is 5.75 Å². The van der Waals surface area contributed by atoms with Crippen LogP contribution >= 0.6 is 15.9 Å². The summed E-state index contributed by atoms with van der Waals surface area (Å²) in [7, 11) is 0. The number of nitrogens with zero attached hydrogens (tertiary/aromatic N) is 1. The highest BCUT2D eigenvalue weighted by molar-refractivity contribution is 9.10. The maximum atomic E-state index is 11.1. The highest BCUT2D eigenvalue weighted by Crippen LogP contribution is 2.37. The predicted octanol–water partition coefficient (Wildman–Crippen LogP) is 4.07. The molecular weight excluding hydrogens is 334 g/mol. The molecule has 5 heteroatoms. The van der Waals surface area contributed by atoms with Gasteiger partial charge in [0.1, 0.15) is 5.75 Å². The molecule has 3 rings (SSSR count). The van der Waals surface area contributed by atoms with Crippen molar-refractivity contribution in [3.8, 4) is 5.75 Å². The fraction of sp³-hybridized carbons (Fsp3) is 0.188. The fourth-order valence-corrected chi connectivity index (χ4v) is 2.98. The van der Waals surface area contributed by atoms with Gasteiger partial charge < -0.3 is 14.7 Å². The molecule has 1 N–H and O–H groups in total. The van der Waals surface area contributed by atoms with Crippen LogP contribution in [0.3, 0.4) is 0 Å². The number of anilines is 2. The number of carboxylic acids is 1. The Morgan fingerprint density at radius 1 is 1.24 bits per heavy atom. The van der Waals surface area contributed by atoms with Crippen molar-refractivity contribution in [1.29, 1.82) is 0 Å². The van der Waals surface area contributed by atoms with Crippen LogP contribution in [0.15, 0.2) is 46.9 Å². The van der Waals surface area contributed by atoms with Gasteiger partial charge in [-0.15, -0.1) is 0 Å². The quantitative estimate of drug-likeness (QED) is 0.889. The van der Waals surface area contributed by atoms with E-state index in [9.17, 15) is 4.79 Å². The van der Waals surface area contributed by atoms with Gasteiger partial charge in [-0.05, 0) is 52.7 Å². The second-order valence-corrected chi connectivity index (χ2v) is 5.65. The van der Waals surface area contributed by atoms with Crippen molar-refractivity contribution < 1.29 is 14.6 Å². The highest BCUT2D eigenvalue weighted by Gasteiger charge is 2.19. The van der Waals surface area contributed by atoms with Crippen molar-refractivity contribution in [3.05, 3.63) is 52.5 Å². The van der Waals surface area contributed by atoms with Gasteiger partial charge in [0.25, 0.3) is 0 Å². The summed E-state index contributed by atoms with van der Waals surface area (Å²) in [6, 6.07) is 13.2. The van der Waals surface area contributed by atoms with Gasteiger partial charge in [0.2, 0.25) is 0 Å². The van der Waals surface area contributed by atoms with Crippen molar-refractivity contribution in [2.24, 2.45) is 0 Å². The summed E-state index contributed by atoms with van der Waals surface area (Å²) < 4.78 is 6.32. The third kappa shape index (κ3) is 2.74. The number of halogens is 1. The number of para-hydroxylation sites is 2. The molecule has 0 radical (unpaired) electrons. The smallest absolute Gasteiger partial charge is 0.336 e. The maximum Gasteiger partial charge on any atom is 0.336 e. The lowest BCUT2D eigenvalue weighted by molar-refractivity contribution is 0.0696. The Kier molecular flexibility index (Phi) is 3.84. The van der Waals surface area contributed by atoms with E-state index in [0.29, 0.717) is 11.1 Å². The lowest BCUT2D eigenvalue weighted by Gasteiger charge is -2.24. The summed E-state index contributed by atoms with van der Waals surface area (Å²) in [5.41, 5.74) is 2.22. The van der Waals surface area contributed by atoms with E-state index < -0.39 is 5.97 Å². The number of carbonyl (C=O) groups is 1. The molecule has 0 aliphatic carbocycles. The zero-order valence-corrected chi connectivity index (χ0v) is 12.8. The molecule has 0 atom stereocenters. The first-order valence-corrected chi connectivity index (χ1v) is 7.48. The van der Waals surface area contributed by atoms with Gasteiger partial charge in [-0.25, -0.2) is 4.79 Å². The second kappa shape index (κ2) is 5.77. The van der Waals surface area contributed by atoms with Crippen molar-refractivity contribution in [3.63, 3.8) is 0 Å². The third-order valence-electron chi connectivity index (χ3n) is 3.43. The summed E-state index contributed by atoms with van der Waals surface area (Å²) >= 11 is 3.34. The number of benzene rings is 2. The van der Waals surface area contributed by atoms with Crippen LogP contribution in [0.25, 0.3) is 0 Å². The summed E-state index contributed by atoms with van der Waals surface area (Å²) in [5.74, 6) is -0.0820. The Bertz CT molecular complexity index is 687. The minimum atomic E-state index is -0.937. The Morgan fingerprint density at radius 2 is 2.05 bits per heavy atom. The summed E-state index contributed by atoms with van der Waals surface area (Å²) in [6.45, 7) is 1.51. The molecule has 108 valence electrons. The van der Waals surface area contributed by atoms with Crippen LogP contribution in [-0.4, -0.2) is 24.2 Å². The number of ether oxygens (including phenoxy) is 1. The van der Waals surface area contributed by atoms with Gasteiger partial charge >= 0.3 is 5.97 Å². The van der Waals surface area contributed by atoms with Crippen LogP contribution < -0.4 is 9.64 Å². The van der Waals surface area contributed by atoms with E-state index >= 15 is 0 Å². The van der Waals surface area contributed by atoms with Gasteiger partial charge in [0.15, 0.2) is 0 Å². The first kappa shape index (κ1) is 13.9. The molecule has 1 heterocycles. The summed E-state index contributed by atoms with van der Waals surface area (Å²) in [6.07, 6.45) is 0.910. The maximum absolute atomic E-state index is 11.1. The zero-order valence-electron chi connectivity index (χ0n) is 11.3. The van der Waals surface area contributed by atoms with Crippen molar-refractivity contribution in [2.45, 2.75) is 6.42 Å². The minimum absolute atomic E-state index is 0.262. The van der Waals surface area contributed by atoms with Crippen LogP contribution in [-0.2, 0) is 0 Å². The monoisotopic (exact) mass is 347 g/mol. The van der Waals surface area contributed by atoms with E-state index in [1.54, 1.807) is 6.07 Å². The summed E-state index contributed by atoms with van der Waals surface area (Å²) in [5, 5.41) is 9.11. The summed E-state index contributed by atoms with van der Waals surface area (Å²) in [4.78, 5) is 13.3. The molecule has 0 aromatic heterocycles. The fourth-order valence-electron chi connectivity index (χ4n) is 2.44. The number of hydrogen-bond donors (Lipinski definition) is 1. The van der Waals surface area contributed by atoms with Crippen LogP contribution in [0.4, 0.5) is 11.4 Å². The van der Waals surface area contributed by atoms with Gasteiger partial charge in [-0.3, -0.25) is 0 Å². The second-order valence-electron chi connectivity index (χ2n) is 4.79. The Balaban J connectivity index is 2.04. The molecule has 1 aliphatic rings. The normalized spacial score (nSPS) is 14.0. The number of carboxylic acid groups (broad SMARTS) is 1. The molecule has 21 heavy (non-hydrogen) atoms. The van der Waals surface area contributed by atoms with Crippen LogP contribution in [0.1, 0.15) is 16.8 Å². The zero-order chi connectivity index (χ0) is 14.8. The first-order valence-electron chi connectivity index (χ1n) is 6.69. The molecule has 0 unspecified atom stereocenters. The minimum Gasteiger partial charge on any atom is -0.491 e. The van der Waals surface area contributed by atoms with Gasteiger partial charge in [-0.1, -0.05) is 12.1 Å². The third-order valence-corrected chi connectivity index (χ3v) is 4.09. The van der Waals surface area contributed by atoms with Crippen molar-refractivity contribution >= 4 is 33.3 Å². The standard InChI is InChI=1S/C16H14BrNO3/c17-13-10-11(6-7-12(13)16(19)20)18-8-3-9-21-15-5-2-1-4-14(15)18/h1-2,4-7,10H,3,8-9H2,(H,19,20). The molecule has 0 fully saturated rings. The first-order chi connectivity index (χ1) is 10.2. The lowest BCUT2D eigenvalue weighted by atomic mass is 10.1. The van der Waals surface area contributed by atoms with Crippen molar-refractivity contribution in [1.82, 2.24) is 0 Å². The number of hydrogen-bond acceptors (Lipinski definition) is 3. The molecule has 0 spiro atoms. The Morgan fingerprint density at radius 3 is 2.81 bits per heavy atom. The molecular formula is C16H14BrNO3. The largest absolute Gasteiger partial charge is 0.491 e. The van der Waals surface area contributed by atoms with Gasteiger partial charge in [0.05, 0.1) is 17.9 Å². The number of fused-ring (bicyclic) bond motifs is 1. The molecule has 0 bridgehead atoms. The average Bonchev–Trinajstić information content (AvgIpc) is 2.69. The average molecular weight is 348 g/mol. The predicted molar refractivity (Wildman–Crippen MR) is 84.7 cm³/mol. The van der Waals surface area contributed by atoms with E-state index in [1.807, 2.05) is 36.4 Å².